The number of nitrogens with one attached hydrogen (secondary N) is 1. The van der Waals surface area contributed by atoms with Crippen molar-refractivity contribution in [2.24, 2.45) is 11.8 Å². The van der Waals surface area contributed by atoms with Crippen molar-refractivity contribution in [3.8, 4) is 0 Å². The van der Waals surface area contributed by atoms with Crippen LogP contribution in [0.15, 0.2) is 30.5 Å². The van der Waals surface area contributed by atoms with Gasteiger partial charge in [-0.05, 0) is 49.7 Å². The van der Waals surface area contributed by atoms with Crippen LogP contribution in [0.4, 0.5) is 4.79 Å². The first-order chi connectivity index (χ1) is 10.2. The van der Waals surface area contributed by atoms with E-state index in [4.69, 9.17) is 0 Å². The molecule has 1 aromatic rings. The van der Waals surface area contributed by atoms with Gasteiger partial charge in [-0.15, -0.1) is 0 Å². The number of allylic oxidation sites excluding steroid dienone is 2. The summed E-state index contributed by atoms with van der Waals surface area (Å²) in [4.78, 5) is 18.5. The Hall–Kier alpha value is -1.84. The van der Waals surface area contributed by atoms with Crippen LogP contribution in [0.5, 0.6) is 0 Å². The number of carbonyl (C=O) groups is 1. The van der Waals surface area contributed by atoms with Crippen LogP contribution in [-0.4, -0.2) is 35.5 Å². The number of hydrogen-bond acceptors (Lipinski definition) is 2. The molecule has 4 nitrogen and oxygen atoms in total. The van der Waals surface area contributed by atoms with Crippen molar-refractivity contribution in [1.82, 2.24) is 15.2 Å². The number of carbonyl (C=O) groups excluding carboxylic acids is 1. The molecule has 1 aliphatic carbocycles. The van der Waals surface area contributed by atoms with Crippen LogP contribution in [0.1, 0.15) is 24.1 Å². The summed E-state index contributed by atoms with van der Waals surface area (Å²) in [5, 5.41) is 3.04. The minimum atomic E-state index is 0.0875. The van der Waals surface area contributed by atoms with E-state index in [1.807, 2.05) is 24.1 Å². The lowest BCUT2D eigenvalue weighted by atomic mass is 9.86. The summed E-state index contributed by atoms with van der Waals surface area (Å²) >= 11 is 0. The lowest BCUT2D eigenvalue weighted by Gasteiger charge is -2.17. The van der Waals surface area contributed by atoms with Gasteiger partial charge in [-0.1, -0.05) is 18.2 Å². The van der Waals surface area contributed by atoms with Crippen molar-refractivity contribution in [3.05, 3.63) is 41.7 Å². The molecule has 0 radical (unpaired) electrons. The molecule has 2 unspecified atom stereocenters. The zero-order valence-corrected chi connectivity index (χ0v) is 12.6. The summed E-state index contributed by atoms with van der Waals surface area (Å²) in [5.41, 5.74) is 2.19. The molecule has 0 saturated carbocycles. The largest absolute Gasteiger partial charge is 0.338 e. The summed E-state index contributed by atoms with van der Waals surface area (Å²) in [6, 6.07) is 4.17. The van der Waals surface area contributed by atoms with Crippen LogP contribution < -0.4 is 5.32 Å². The van der Waals surface area contributed by atoms with Crippen LogP contribution in [-0.2, 0) is 6.42 Å². The molecule has 1 fully saturated rings. The third-order valence-electron chi connectivity index (χ3n) is 4.57. The van der Waals surface area contributed by atoms with E-state index in [1.165, 1.54) is 5.56 Å². The molecule has 112 valence electrons. The van der Waals surface area contributed by atoms with Crippen molar-refractivity contribution in [2.75, 3.05) is 19.6 Å². The van der Waals surface area contributed by atoms with E-state index in [9.17, 15) is 4.79 Å². The normalized spacial score (nSPS) is 24.0. The van der Waals surface area contributed by atoms with E-state index in [1.54, 1.807) is 0 Å². The van der Waals surface area contributed by atoms with Crippen LogP contribution >= 0.6 is 0 Å². The highest BCUT2D eigenvalue weighted by atomic mass is 16.2. The van der Waals surface area contributed by atoms with Crippen molar-refractivity contribution >= 4 is 6.03 Å². The smallest absolute Gasteiger partial charge is 0.317 e. The Morgan fingerprint density at radius 3 is 2.62 bits per heavy atom. The molecule has 2 atom stereocenters. The number of urea groups is 1. The highest BCUT2D eigenvalue weighted by Gasteiger charge is 2.34. The maximum atomic E-state index is 12.2. The molecule has 0 aromatic carbocycles. The highest BCUT2D eigenvalue weighted by Crippen LogP contribution is 2.32. The lowest BCUT2D eigenvalue weighted by molar-refractivity contribution is 0.206. The van der Waals surface area contributed by atoms with Gasteiger partial charge in [-0.25, -0.2) is 4.79 Å². The van der Waals surface area contributed by atoms with Crippen molar-refractivity contribution < 1.29 is 4.79 Å². The highest BCUT2D eigenvalue weighted by molar-refractivity contribution is 5.74. The fourth-order valence-electron chi connectivity index (χ4n) is 3.25. The van der Waals surface area contributed by atoms with E-state index < -0.39 is 0 Å². The predicted octanol–water partition coefficient (Wildman–Crippen LogP) is 2.54. The molecule has 21 heavy (non-hydrogen) atoms. The molecule has 2 aliphatic rings. The third-order valence-corrected chi connectivity index (χ3v) is 4.57. The average molecular weight is 285 g/mol. The van der Waals surface area contributed by atoms with E-state index in [0.29, 0.717) is 18.4 Å². The Balaban J connectivity index is 1.43. The SMILES string of the molecule is Cc1ccc(CCNC(=O)N2CC3CC=CCC3C2)cn1. The number of likely N-dealkylation sites (tertiary alicyclic amines) is 1. The van der Waals surface area contributed by atoms with Crippen LogP contribution in [0.2, 0.25) is 0 Å². The van der Waals surface area contributed by atoms with Crippen LogP contribution in [0.3, 0.4) is 0 Å². The fraction of sp³-hybridized carbons (Fsp3) is 0.529. The number of amides is 2. The maximum Gasteiger partial charge on any atom is 0.317 e. The maximum absolute atomic E-state index is 12.2. The standard InChI is InChI=1S/C17H23N3O/c1-13-6-7-14(10-19-13)8-9-18-17(21)20-11-15-4-2-3-5-16(15)12-20/h2-3,6-7,10,15-16H,4-5,8-9,11-12H2,1H3,(H,18,21). The summed E-state index contributed by atoms with van der Waals surface area (Å²) < 4.78 is 0. The van der Waals surface area contributed by atoms with Gasteiger partial charge in [0.25, 0.3) is 0 Å². The Bertz CT molecular complexity index is 507. The lowest BCUT2D eigenvalue weighted by Crippen LogP contribution is -2.39. The summed E-state index contributed by atoms with van der Waals surface area (Å²) in [7, 11) is 0. The van der Waals surface area contributed by atoms with Crippen molar-refractivity contribution in [3.63, 3.8) is 0 Å². The molecular weight excluding hydrogens is 262 g/mol. The summed E-state index contributed by atoms with van der Waals surface area (Å²) in [6.45, 7) is 4.47. The molecule has 1 N–H and O–H groups in total. The predicted molar refractivity (Wildman–Crippen MR) is 83.0 cm³/mol. The van der Waals surface area contributed by atoms with Gasteiger partial charge in [-0.2, -0.15) is 0 Å². The Labute approximate surface area is 126 Å². The molecule has 0 bridgehead atoms. The molecule has 0 spiro atoms. The van der Waals surface area contributed by atoms with Gasteiger partial charge in [0, 0.05) is 31.5 Å². The summed E-state index contributed by atoms with van der Waals surface area (Å²) in [6.07, 6.45) is 9.49. The number of fused-ring (bicyclic) bond motifs is 1. The molecule has 2 heterocycles. The first-order valence-corrected chi connectivity index (χ1v) is 7.81. The average Bonchev–Trinajstić information content (AvgIpc) is 2.93. The molecule has 1 aromatic heterocycles. The van der Waals surface area contributed by atoms with Gasteiger partial charge in [0.2, 0.25) is 0 Å². The number of hydrogen-bond donors (Lipinski definition) is 1. The molecule has 4 heteroatoms. The Morgan fingerprint density at radius 1 is 1.29 bits per heavy atom. The van der Waals surface area contributed by atoms with Crippen LogP contribution in [0, 0.1) is 18.8 Å². The third kappa shape index (κ3) is 3.43. The second kappa shape index (κ2) is 6.29. The van der Waals surface area contributed by atoms with Crippen molar-refractivity contribution in [2.45, 2.75) is 26.2 Å². The van der Waals surface area contributed by atoms with Gasteiger partial charge < -0.3 is 10.2 Å². The van der Waals surface area contributed by atoms with Gasteiger partial charge >= 0.3 is 6.03 Å². The Morgan fingerprint density at radius 2 is 2.00 bits per heavy atom. The van der Waals surface area contributed by atoms with E-state index in [-0.39, 0.29) is 6.03 Å². The van der Waals surface area contributed by atoms with E-state index in [2.05, 4.69) is 28.5 Å². The van der Waals surface area contributed by atoms with Gasteiger partial charge in [0.05, 0.1) is 0 Å². The summed E-state index contributed by atoms with van der Waals surface area (Å²) in [5.74, 6) is 1.34. The van der Waals surface area contributed by atoms with Crippen LogP contribution in [0.25, 0.3) is 0 Å². The van der Waals surface area contributed by atoms with E-state index in [0.717, 1.165) is 38.0 Å². The first-order valence-electron chi connectivity index (χ1n) is 7.81. The minimum absolute atomic E-state index is 0.0875. The first kappa shape index (κ1) is 14.1. The van der Waals surface area contributed by atoms with Gasteiger partial charge in [0.1, 0.15) is 0 Å². The monoisotopic (exact) mass is 285 g/mol. The van der Waals surface area contributed by atoms with Gasteiger partial charge in [0.15, 0.2) is 0 Å². The Kier molecular flexibility index (Phi) is 4.23. The zero-order valence-electron chi connectivity index (χ0n) is 12.6. The number of rotatable bonds is 3. The number of pyridine rings is 1. The van der Waals surface area contributed by atoms with Crippen molar-refractivity contribution in [1.29, 1.82) is 0 Å². The molecular formula is C17H23N3O. The molecule has 3 rings (SSSR count). The molecule has 2 amide bonds. The molecule has 1 saturated heterocycles. The number of aryl methyl sites for hydroxylation is 1. The molecule has 1 aliphatic heterocycles. The van der Waals surface area contributed by atoms with E-state index >= 15 is 0 Å². The quantitative estimate of drug-likeness (QED) is 0.867. The second-order valence-corrected chi connectivity index (χ2v) is 6.16. The minimum Gasteiger partial charge on any atom is -0.338 e. The zero-order chi connectivity index (χ0) is 14.7. The second-order valence-electron chi connectivity index (χ2n) is 6.16. The number of aromatic nitrogens is 1. The topological polar surface area (TPSA) is 45.2 Å². The van der Waals surface area contributed by atoms with Gasteiger partial charge in [-0.3, -0.25) is 4.98 Å². The fourth-order valence-corrected chi connectivity index (χ4v) is 3.25. The number of nitrogens with zero attached hydrogens (tertiary/aromatic N) is 2.